The summed E-state index contributed by atoms with van der Waals surface area (Å²) in [7, 11) is 4.33. The molecule has 0 spiro atoms. The Hall–Kier alpha value is -0.160. The number of hydrogen-bond donors (Lipinski definition) is 2. The van der Waals surface area contributed by atoms with Crippen LogP contribution in [0.4, 0.5) is 0 Å². The molecule has 2 saturated heterocycles. The minimum Gasteiger partial charge on any atom is -0.393 e. The average molecular weight is 241 g/mol. The quantitative estimate of drug-likeness (QED) is 0.704. The van der Waals surface area contributed by atoms with Crippen molar-refractivity contribution in [3.05, 3.63) is 0 Å². The number of nitrogens with zero attached hydrogens (tertiary/aromatic N) is 2. The van der Waals surface area contributed by atoms with Gasteiger partial charge in [-0.25, -0.2) is 0 Å². The summed E-state index contributed by atoms with van der Waals surface area (Å²) < 4.78 is 0. The third-order valence-electron chi connectivity index (χ3n) is 4.69. The summed E-state index contributed by atoms with van der Waals surface area (Å²) in [6.45, 7) is 5.06. The largest absolute Gasteiger partial charge is 0.393 e. The van der Waals surface area contributed by atoms with Crippen molar-refractivity contribution >= 4 is 0 Å². The highest BCUT2D eigenvalue weighted by atomic mass is 16.3. The van der Waals surface area contributed by atoms with E-state index in [4.69, 9.17) is 5.73 Å². The zero-order valence-electron chi connectivity index (χ0n) is 11.2. The van der Waals surface area contributed by atoms with E-state index in [0.29, 0.717) is 17.8 Å². The number of hydrogen-bond acceptors (Lipinski definition) is 4. The van der Waals surface area contributed by atoms with E-state index < -0.39 is 0 Å². The molecule has 2 aliphatic heterocycles. The molecule has 2 aliphatic rings. The summed E-state index contributed by atoms with van der Waals surface area (Å²) in [5.41, 5.74) is 5.91. The van der Waals surface area contributed by atoms with Crippen molar-refractivity contribution in [3.8, 4) is 0 Å². The number of piperidine rings is 2. The van der Waals surface area contributed by atoms with Gasteiger partial charge in [-0.05, 0) is 51.9 Å². The van der Waals surface area contributed by atoms with Crippen molar-refractivity contribution in [1.82, 2.24) is 9.80 Å². The van der Waals surface area contributed by atoms with Gasteiger partial charge in [-0.1, -0.05) is 0 Å². The summed E-state index contributed by atoms with van der Waals surface area (Å²) in [5.74, 6) is 1.57. The second kappa shape index (κ2) is 5.65. The van der Waals surface area contributed by atoms with Crippen LogP contribution in [0.3, 0.4) is 0 Å². The Morgan fingerprint density at radius 1 is 1.06 bits per heavy atom. The first kappa shape index (κ1) is 13.3. The smallest absolute Gasteiger partial charge is 0.0596 e. The van der Waals surface area contributed by atoms with Gasteiger partial charge in [-0.15, -0.1) is 0 Å². The van der Waals surface area contributed by atoms with Crippen LogP contribution in [-0.2, 0) is 0 Å². The van der Waals surface area contributed by atoms with Gasteiger partial charge < -0.3 is 20.6 Å². The van der Waals surface area contributed by atoms with Gasteiger partial charge in [0.2, 0.25) is 0 Å². The minimum atomic E-state index is -0.128. The molecule has 3 N–H and O–H groups in total. The molecule has 0 amide bonds. The van der Waals surface area contributed by atoms with Gasteiger partial charge in [0.25, 0.3) is 0 Å². The van der Waals surface area contributed by atoms with Crippen molar-refractivity contribution < 1.29 is 5.11 Å². The molecule has 4 heteroatoms. The normalized spacial score (nSPS) is 41.6. The second-order valence-electron chi connectivity index (χ2n) is 5.99. The predicted molar refractivity (Wildman–Crippen MR) is 69.8 cm³/mol. The first-order valence-corrected chi connectivity index (χ1v) is 6.87. The van der Waals surface area contributed by atoms with Crippen LogP contribution < -0.4 is 5.73 Å². The Balaban J connectivity index is 2.05. The highest BCUT2D eigenvalue weighted by Gasteiger charge is 2.38. The fourth-order valence-corrected chi connectivity index (χ4v) is 3.54. The second-order valence-corrected chi connectivity index (χ2v) is 5.99. The number of aliphatic hydroxyl groups excluding tert-OH is 1. The Morgan fingerprint density at radius 2 is 1.65 bits per heavy atom. The lowest BCUT2D eigenvalue weighted by Gasteiger charge is -2.45. The van der Waals surface area contributed by atoms with Gasteiger partial charge in [-0.3, -0.25) is 0 Å². The Labute approximate surface area is 105 Å². The number of rotatable bonds is 2. The molecule has 0 aromatic rings. The van der Waals surface area contributed by atoms with Gasteiger partial charge in [0, 0.05) is 25.6 Å². The highest BCUT2D eigenvalue weighted by Crippen LogP contribution is 2.33. The molecular formula is C13H27N3O. The van der Waals surface area contributed by atoms with Crippen LogP contribution in [0.15, 0.2) is 0 Å². The lowest BCUT2D eigenvalue weighted by atomic mass is 9.73. The average Bonchev–Trinajstić information content (AvgIpc) is 2.32. The monoisotopic (exact) mass is 241 g/mol. The third-order valence-corrected chi connectivity index (χ3v) is 4.69. The van der Waals surface area contributed by atoms with E-state index in [0.717, 1.165) is 39.1 Å². The van der Waals surface area contributed by atoms with Gasteiger partial charge in [0.1, 0.15) is 0 Å². The van der Waals surface area contributed by atoms with Crippen LogP contribution in [0.2, 0.25) is 0 Å². The maximum Gasteiger partial charge on any atom is 0.0596 e. The van der Waals surface area contributed by atoms with Crippen LogP contribution in [-0.4, -0.2) is 67.8 Å². The fourth-order valence-electron chi connectivity index (χ4n) is 3.54. The van der Waals surface area contributed by atoms with Gasteiger partial charge >= 0.3 is 0 Å². The molecule has 2 heterocycles. The first-order valence-electron chi connectivity index (χ1n) is 6.87. The van der Waals surface area contributed by atoms with Crippen molar-refractivity contribution in [2.24, 2.45) is 23.5 Å². The molecule has 0 bridgehead atoms. The van der Waals surface area contributed by atoms with E-state index >= 15 is 0 Å². The molecule has 4 atom stereocenters. The summed E-state index contributed by atoms with van der Waals surface area (Å²) in [4.78, 5) is 4.73. The maximum atomic E-state index is 10.3. The molecule has 0 aromatic heterocycles. The molecule has 4 unspecified atom stereocenters. The zero-order chi connectivity index (χ0) is 12.4. The third kappa shape index (κ3) is 2.99. The summed E-state index contributed by atoms with van der Waals surface area (Å²) in [6.07, 6.45) is 1.97. The van der Waals surface area contributed by atoms with Crippen molar-refractivity contribution in [3.63, 3.8) is 0 Å². The Kier molecular flexibility index (Phi) is 4.42. The Bertz CT molecular complexity index is 249. The number of likely N-dealkylation sites (tertiary alicyclic amines) is 2. The van der Waals surface area contributed by atoms with Gasteiger partial charge in [-0.2, -0.15) is 0 Å². The molecule has 100 valence electrons. The molecule has 2 rings (SSSR count). The lowest BCUT2D eigenvalue weighted by Crippen LogP contribution is -2.52. The first-order chi connectivity index (χ1) is 8.11. The van der Waals surface area contributed by atoms with Crippen LogP contribution in [0, 0.1) is 17.8 Å². The molecule has 0 saturated carbocycles. The van der Waals surface area contributed by atoms with E-state index in [9.17, 15) is 5.11 Å². The van der Waals surface area contributed by atoms with Gasteiger partial charge in [0.05, 0.1) is 6.10 Å². The van der Waals surface area contributed by atoms with Crippen LogP contribution in [0.5, 0.6) is 0 Å². The minimum absolute atomic E-state index is 0.128. The highest BCUT2D eigenvalue weighted by molar-refractivity contribution is 4.91. The van der Waals surface area contributed by atoms with E-state index in [2.05, 4.69) is 23.9 Å². The van der Waals surface area contributed by atoms with Crippen molar-refractivity contribution in [1.29, 1.82) is 0 Å². The summed E-state index contributed by atoms with van der Waals surface area (Å²) >= 11 is 0. The van der Waals surface area contributed by atoms with Gasteiger partial charge in [0.15, 0.2) is 0 Å². The fraction of sp³-hybridized carbons (Fsp3) is 1.00. The molecule has 0 radical (unpaired) electrons. The summed E-state index contributed by atoms with van der Waals surface area (Å²) in [6, 6.07) is 0. The maximum absolute atomic E-state index is 10.3. The molecule has 2 fully saturated rings. The Morgan fingerprint density at radius 3 is 2.29 bits per heavy atom. The molecule has 0 aliphatic carbocycles. The van der Waals surface area contributed by atoms with Crippen LogP contribution in [0.25, 0.3) is 0 Å². The van der Waals surface area contributed by atoms with E-state index in [1.807, 2.05) is 0 Å². The van der Waals surface area contributed by atoms with E-state index in [1.165, 1.54) is 6.42 Å². The predicted octanol–water partition coefficient (Wildman–Crippen LogP) is -0.174. The summed E-state index contributed by atoms with van der Waals surface area (Å²) in [5, 5.41) is 10.3. The molecular weight excluding hydrogens is 214 g/mol. The van der Waals surface area contributed by atoms with Crippen LogP contribution in [0.1, 0.15) is 12.8 Å². The zero-order valence-corrected chi connectivity index (χ0v) is 11.2. The van der Waals surface area contributed by atoms with Crippen molar-refractivity contribution in [2.75, 3.05) is 46.8 Å². The SMILES string of the molecule is CN1CCC(O)C(C2CN(C)CCC2CN)C1. The molecule has 0 aromatic carbocycles. The van der Waals surface area contributed by atoms with Crippen molar-refractivity contribution in [2.45, 2.75) is 18.9 Å². The van der Waals surface area contributed by atoms with Crippen LogP contribution >= 0.6 is 0 Å². The lowest BCUT2D eigenvalue weighted by molar-refractivity contribution is -0.0286. The topological polar surface area (TPSA) is 52.7 Å². The standard InChI is InChI=1S/C13H27N3O/c1-15-5-3-10(7-14)11(8-15)12-9-16(2)6-4-13(12)17/h10-13,17H,3-9,14H2,1-2H3. The number of nitrogens with two attached hydrogens (primary N) is 1. The molecule has 17 heavy (non-hydrogen) atoms. The number of aliphatic hydroxyl groups is 1. The van der Waals surface area contributed by atoms with E-state index in [-0.39, 0.29) is 6.10 Å². The van der Waals surface area contributed by atoms with E-state index in [1.54, 1.807) is 0 Å². The molecule has 4 nitrogen and oxygen atoms in total.